The molecule has 0 spiro atoms. The fraction of sp³-hybridized carbons (Fsp3) is 0.583. The lowest BCUT2D eigenvalue weighted by atomic mass is 10.1. The average molecular weight is 274 g/mol. The number of halogens is 1. The molecule has 1 aliphatic rings. The van der Waals surface area contributed by atoms with Crippen LogP contribution in [0.4, 0.5) is 0 Å². The van der Waals surface area contributed by atoms with E-state index in [1.165, 1.54) is 11.3 Å². The molecule has 1 fully saturated rings. The van der Waals surface area contributed by atoms with Crippen LogP contribution in [-0.4, -0.2) is 24.9 Å². The smallest absolute Gasteiger partial charge is 0.261 e. The third-order valence-corrected chi connectivity index (χ3v) is 4.51. The first-order valence-electron chi connectivity index (χ1n) is 5.74. The second kappa shape index (κ2) is 5.74. The topological polar surface area (TPSA) is 38.3 Å². The summed E-state index contributed by atoms with van der Waals surface area (Å²) in [6.07, 6.45) is 3.30. The Hall–Kier alpha value is -0.740. The summed E-state index contributed by atoms with van der Waals surface area (Å²) >= 11 is 7.29. The lowest BCUT2D eigenvalue weighted by Gasteiger charge is -2.18. The van der Waals surface area contributed by atoms with Crippen LogP contribution < -0.4 is 10.1 Å². The minimum Gasteiger partial charge on any atom is -0.496 e. The standard InChI is InChI=1S/C12H16ClNO2S/c1-16-9-5-11(17-7-9)12(15)14-10-4-2-3-8(10)6-13/h5,7-8,10H,2-4,6H2,1H3,(H,14,15). The van der Waals surface area contributed by atoms with Gasteiger partial charge in [0, 0.05) is 23.4 Å². The van der Waals surface area contributed by atoms with E-state index < -0.39 is 0 Å². The van der Waals surface area contributed by atoms with Gasteiger partial charge in [0.2, 0.25) is 0 Å². The van der Waals surface area contributed by atoms with Gasteiger partial charge in [0.1, 0.15) is 5.75 Å². The molecule has 0 bridgehead atoms. The molecule has 1 amide bonds. The van der Waals surface area contributed by atoms with Crippen LogP contribution in [0, 0.1) is 5.92 Å². The van der Waals surface area contributed by atoms with Crippen LogP contribution in [0.3, 0.4) is 0 Å². The summed E-state index contributed by atoms with van der Waals surface area (Å²) in [4.78, 5) is 12.7. The summed E-state index contributed by atoms with van der Waals surface area (Å²) in [5, 5.41) is 4.90. The van der Waals surface area contributed by atoms with Gasteiger partial charge >= 0.3 is 0 Å². The number of amides is 1. The Labute approximate surface area is 110 Å². The van der Waals surface area contributed by atoms with Crippen LogP contribution in [0.5, 0.6) is 5.75 Å². The molecule has 1 N–H and O–H groups in total. The molecule has 1 heterocycles. The van der Waals surface area contributed by atoms with Crippen molar-refractivity contribution < 1.29 is 9.53 Å². The van der Waals surface area contributed by atoms with Crippen molar-refractivity contribution in [1.82, 2.24) is 5.32 Å². The quantitative estimate of drug-likeness (QED) is 0.857. The Morgan fingerprint density at radius 2 is 2.47 bits per heavy atom. The zero-order valence-electron chi connectivity index (χ0n) is 9.74. The van der Waals surface area contributed by atoms with Crippen LogP contribution in [0.1, 0.15) is 28.9 Å². The first-order chi connectivity index (χ1) is 8.24. The van der Waals surface area contributed by atoms with E-state index in [0.29, 0.717) is 16.7 Å². The van der Waals surface area contributed by atoms with Crippen molar-refractivity contribution >= 4 is 28.8 Å². The van der Waals surface area contributed by atoms with E-state index in [1.54, 1.807) is 13.2 Å². The molecule has 0 aliphatic heterocycles. The number of hydrogen-bond donors (Lipinski definition) is 1. The zero-order valence-corrected chi connectivity index (χ0v) is 11.3. The molecular formula is C12H16ClNO2S. The molecule has 5 heteroatoms. The number of carbonyl (C=O) groups is 1. The molecule has 1 saturated carbocycles. The number of ether oxygens (including phenoxy) is 1. The van der Waals surface area contributed by atoms with Crippen LogP contribution in [0.15, 0.2) is 11.4 Å². The molecule has 2 unspecified atom stereocenters. The molecule has 17 heavy (non-hydrogen) atoms. The second-order valence-corrected chi connectivity index (χ2v) is 5.50. The Morgan fingerprint density at radius 3 is 3.12 bits per heavy atom. The highest BCUT2D eigenvalue weighted by Crippen LogP contribution is 2.27. The van der Waals surface area contributed by atoms with Crippen molar-refractivity contribution in [3.05, 3.63) is 16.3 Å². The molecule has 0 radical (unpaired) electrons. The minimum absolute atomic E-state index is 0.0136. The highest BCUT2D eigenvalue weighted by molar-refractivity contribution is 7.12. The van der Waals surface area contributed by atoms with Crippen molar-refractivity contribution in [2.24, 2.45) is 5.92 Å². The summed E-state index contributed by atoms with van der Waals surface area (Å²) < 4.78 is 5.07. The van der Waals surface area contributed by atoms with Gasteiger partial charge in [-0.2, -0.15) is 0 Å². The van der Waals surface area contributed by atoms with Crippen LogP contribution >= 0.6 is 22.9 Å². The molecule has 1 aromatic heterocycles. The molecule has 94 valence electrons. The number of rotatable bonds is 4. The van der Waals surface area contributed by atoms with E-state index in [4.69, 9.17) is 16.3 Å². The number of nitrogens with one attached hydrogen (secondary N) is 1. The highest BCUT2D eigenvalue weighted by atomic mass is 35.5. The van der Waals surface area contributed by atoms with E-state index >= 15 is 0 Å². The van der Waals surface area contributed by atoms with Crippen LogP contribution in [0.25, 0.3) is 0 Å². The SMILES string of the molecule is COc1csc(C(=O)NC2CCCC2CCl)c1. The Kier molecular flexibility index (Phi) is 4.29. The summed E-state index contributed by atoms with van der Waals surface area (Å²) in [6.45, 7) is 0. The van der Waals surface area contributed by atoms with Crippen LogP contribution in [0.2, 0.25) is 0 Å². The number of methoxy groups -OCH3 is 1. The average Bonchev–Trinajstić information content (AvgIpc) is 2.96. The number of thiophene rings is 1. The van der Waals surface area contributed by atoms with Gasteiger partial charge in [-0.1, -0.05) is 6.42 Å². The molecule has 1 aromatic rings. The Bertz CT molecular complexity index is 394. The molecule has 2 rings (SSSR count). The highest BCUT2D eigenvalue weighted by Gasteiger charge is 2.28. The predicted molar refractivity (Wildman–Crippen MR) is 70.2 cm³/mol. The molecule has 0 saturated heterocycles. The maximum atomic E-state index is 12.0. The number of carbonyl (C=O) groups excluding carboxylic acids is 1. The summed E-state index contributed by atoms with van der Waals surface area (Å²) in [6, 6.07) is 2.00. The fourth-order valence-electron chi connectivity index (χ4n) is 2.20. The molecule has 2 atom stereocenters. The number of alkyl halides is 1. The van der Waals surface area contributed by atoms with Crippen molar-refractivity contribution in [2.75, 3.05) is 13.0 Å². The molecule has 3 nitrogen and oxygen atoms in total. The van der Waals surface area contributed by atoms with Gasteiger partial charge in [-0.3, -0.25) is 4.79 Å². The normalized spacial score (nSPS) is 23.6. The van der Waals surface area contributed by atoms with E-state index in [0.717, 1.165) is 25.0 Å². The Balaban J connectivity index is 1.96. The lowest BCUT2D eigenvalue weighted by Crippen LogP contribution is -2.37. The first kappa shape index (κ1) is 12.7. The van der Waals surface area contributed by atoms with E-state index in [9.17, 15) is 4.79 Å². The van der Waals surface area contributed by atoms with Crippen molar-refractivity contribution in [3.8, 4) is 5.75 Å². The lowest BCUT2D eigenvalue weighted by molar-refractivity contribution is 0.0934. The van der Waals surface area contributed by atoms with Gasteiger partial charge in [0.25, 0.3) is 5.91 Å². The molecular weight excluding hydrogens is 258 g/mol. The maximum Gasteiger partial charge on any atom is 0.261 e. The third kappa shape index (κ3) is 2.93. The van der Waals surface area contributed by atoms with E-state index in [-0.39, 0.29) is 11.9 Å². The summed E-state index contributed by atoms with van der Waals surface area (Å²) in [5.74, 6) is 1.77. The minimum atomic E-state index is -0.0136. The second-order valence-electron chi connectivity index (χ2n) is 4.28. The summed E-state index contributed by atoms with van der Waals surface area (Å²) in [5.41, 5.74) is 0. The zero-order chi connectivity index (χ0) is 12.3. The van der Waals surface area contributed by atoms with Gasteiger partial charge in [0.05, 0.1) is 12.0 Å². The number of hydrogen-bond acceptors (Lipinski definition) is 3. The fourth-order valence-corrected chi connectivity index (χ4v) is 3.32. The van der Waals surface area contributed by atoms with Gasteiger partial charge in [-0.25, -0.2) is 0 Å². The Morgan fingerprint density at radius 1 is 1.65 bits per heavy atom. The van der Waals surface area contributed by atoms with Crippen LogP contribution in [-0.2, 0) is 0 Å². The van der Waals surface area contributed by atoms with E-state index in [1.807, 2.05) is 5.38 Å². The van der Waals surface area contributed by atoms with Gasteiger partial charge < -0.3 is 10.1 Å². The molecule has 1 aliphatic carbocycles. The van der Waals surface area contributed by atoms with Crippen molar-refractivity contribution in [1.29, 1.82) is 0 Å². The van der Waals surface area contributed by atoms with Gasteiger partial charge in [-0.15, -0.1) is 22.9 Å². The van der Waals surface area contributed by atoms with Crippen molar-refractivity contribution in [3.63, 3.8) is 0 Å². The monoisotopic (exact) mass is 273 g/mol. The maximum absolute atomic E-state index is 12.0. The third-order valence-electron chi connectivity index (χ3n) is 3.21. The molecule has 0 aromatic carbocycles. The van der Waals surface area contributed by atoms with E-state index in [2.05, 4.69) is 5.32 Å². The first-order valence-corrected chi connectivity index (χ1v) is 7.15. The summed E-state index contributed by atoms with van der Waals surface area (Å²) in [7, 11) is 1.60. The predicted octanol–water partition coefficient (Wildman–Crippen LogP) is 2.89. The van der Waals surface area contributed by atoms with Crippen molar-refractivity contribution in [2.45, 2.75) is 25.3 Å². The van der Waals surface area contributed by atoms with Gasteiger partial charge in [-0.05, 0) is 18.8 Å². The van der Waals surface area contributed by atoms with Gasteiger partial charge in [0.15, 0.2) is 0 Å². The largest absolute Gasteiger partial charge is 0.496 e.